The van der Waals surface area contributed by atoms with Crippen LogP contribution >= 0.6 is 0 Å². The predicted octanol–water partition coefficient (Wildman–Crippen LogP) is 2.91. The van der Waals surface area contributed by atoms with Crippen molar-refractivity contribution in [2.45, 2.75) is 56.8 Å². The van der Waals surface area contributed by atoms with Gasteiger partial charge in [-0.1, -0.05) is 12.1 Å². The number of ether oxygens (including phenoxy) is 2. The number of benzene rings is 1. The minimum absolute atomic E-state index is 0.286. The van der Waals surface area contributed by atoms with E-state index in [9.17, 15) is 0 Å². The minimum atomic E-state index is 0.286. The molecule has 4 nitrogen and oxygen atoms in total. The van der Waals surface area contributed by atoms with Crippen molar-refractivity contribution in [1.29, 1.82) is 0 Å². The van der Waals surface area contributed by atoms with E-state index in [2.05, 4.69) is 41.1 Å². The molecule has 3 unspecified atom stereocenters. The molecule has 24 heavy (non-hydrogen) atoms. The molecule has 0 N–H and O–H groups in total. The molecule has 3 saturated heterocycles. The number of likely N-dealkylation sites (N-methyl/N-ethyl adjacent to an activating group) is 1. The predicted molar refractivity (Wildman–Crippen MR) is 95.4 cm³/mol. The van der Waals surface area contributed by atoms with Gasteiger partial charge in [0.05, 0.1) is 6.10 Å². The Morgan fingerprint density at radius 2 is 1.92 bits per heavy atom. The average molecular weight is 330 g/mol. The number of hydrogen-bond donors (Lipinski definition) is 0. The molecule has 3 aliphatic rings. The van der Waals surface area contributed by atoms with Gasteiger partial charge in [0.1, 0.15) is 12.4 Å². The van der Waals surface area contributed by atoms with Gasteiger partial charge in [-0.05, 0) is 56.8 Å². The van der Waals surface area contributed by atoms with E-state index in [1.165, 1.54) is 44.3 Å². The Balaban J connectivity index is 1.28. The SMILES string of the molecule is CN1C2CCC1CN(Cc1ccc(OCC3CCCO3)cc1)CC2. The Bertz CT molecular complexity index is 527. The summed E-state index contributed by atoms with van der Waals surface area (Å²) in [6.45, 7) is 5.07. The fourth-order valence-electron chi connectivity index (χ4n) is 4.44. The third kappa shape index (κ3) is 3.76. The zero-order valence-corrected chi connectivity index (χ0v) is 14.8. The maximum atomic E-state index is 5.86. The van der Waals surface area contributed by atoms with Gasteiger partial charge in [0, 0.05) is 38.3 Å². The van der Waals surface area contributed by atoms with Crippen LogP contribution in [-0.2, 0) is 11.3 Å². The molecule has 0 spiro atoms. The largest absolute Gasteiger partial charge is 0.491 e. The quantitative estimate of drug-likeness (QED) is 0.829. The maximum Gasteiger partial charge on any atom is 0.119 e. The fraction of sp³-hybridized carbons (Fsp3) is 0.700. The van der Waals surface area contributed by atoms with Gasteiger partial charge in [-0.2, -0.15) is 0 Å². The van der Waals surface area contributed by atoms with Crippen LogP contribution in [-0.4, -0.2) is 61.3 Å². The smallest absolute Gasteiger partial charge is 0.119 e. The second-order valence-corrected chi connectivity index (χ2v) is 7.66. The Morgan fingerprint density at radius 3 is 2.71 bits per heavy atom. The summed E-state index contributed by atoms with van der Waals surface area (Å²) in [6, 6.07) is 10.2. The fourth-order valence-corrected chi connectivity index (χ4v) is 4.44. The van der Waals surface area contributed by atoms with Crippen LogP contribution in [0.1, 0.15) is 37.7 Å². The van der Waals surface area contributed by atoms with E-state index in [1.54, 1.807) is 0 Å². The second kappa shape index (κ2) is 7.42. The number of rotatable bonds is 5. The highest BCUT2D eigenvalue weighted by molar-refractivity contribution is 5.27. The van der Waals surface area contributed by atoms with Crippen molar-refractivity contribution in [3.05, 3.63) is 29.8 Å². The first kappa shape index (κ1) is 16.4. The molecule has 3 atom stereocenters. The van der Waals surface area contributed by atoms with Crippen molar-refractivity contribution in [3.63, 3.8) is 0 Å². The van der Waals surface area contributed by atoms with E-state index in [-0.39, 0.29) is 6.10 Å². The third-order valence-electron chi connectivity index (χ3n) is 6.02. The van der Waals surface area contributed by atoms with Crippen LogP contribution in [0, 0.1) is 0 Å². The molecular formula is C20H30N2O2. The van der Waals surface area contributed by atoms with Crippen LogP contribution in [0.2, 0.25) is 0 Å². The van der Waals surface area contributed by atoms with Crippen LogP contribution < -0.4 is 4.74 Å². The first-order valence-electron chi connectivity index (χ1n) is 9.55. The molecule has 2 bridgehead atoms. The zero-order valence-electron chi connectivity index (χ0n) is 14.8. The van der Waals surface area contributed by atoms with Crippen LogP contribution in [0.4, 0.5) is 0 Å². The number of likely N-dealkylation sites (tertiary alicyclic amines) is 1. The lowest BCUT2D eigenvalue weighted by molar-refractivity contribution is 0.0679. The van der Waals surface area contributed by atoms with Crippen molar-refractivity contribution < 1.29 is 9.47 Å². The molecule has 0 aliphatic carbocycles. The number of fused-ring (bicyclic) bond motifs is 2. The van der Waals surface area contributed by atoms with Gasteiger partial charge in [-0.15, -0.1) is 0 Å². The summed E-state index contributed by atoms with van der Waals surface area (Å²) in [7, 11) is 2.31. The van der Waals surface area contributed by atoms with Gasteiger partial charge >= 0.3 is 0 Å². The maximum absolute atomic E-state index is 5.86. The topological polar surface area (TPSA) is 24.9 Å². The Morgan fingerprint density at radius 1 is 1.08 bits per heavy atom. The van der Waals surface area contributed by atoms with E-state index in [4.69, 9.17) is 9.47 Å². The summed E-state index contributed by atoms with van der Waals surface area (Å²) in [5, 5.41) is 0. The van der Waals surface area contributed by atoms with Crippen LogP contribution in [0.3, 0.4) is 0 Å². The molecule has 0 amide bonds. The molecule has 0 aromatic heterocycles. The summed E-state index contributed by atoms with van der Waals surface area (Å²) in [6.07, 6.45) is 6.66. The number of nitrogens with zero attached hydrogens (tertiary/aromatic N) is 2. The van der Waals surface area contributed by atoms with E-state index < -0.39 is 0 Å². The summed E-state index contributed by atoms with van der Waals surface area (Å²) in [5.41, 5.74) is 1.39. The molecule has 0 saturated carbocycles. The molecule has 4 heteroatoms. The second-order valence-electron chi connectivity index (χ2n) is 7.66. The molecule has 3 fully saturated rings. The molecule has 132 valence electrons. The number of hydrogen-bond acceptors (Lipinski definition) is 4. The van der Waals surface area contributed by atoms with Crippen LogP contribution in [0.5, 0.6) is 5.75 Å². The highest BCUT2D eigenvalue weighted by Gasteiger charge is 2.34. The Hall–Kier alpha value is -1.10. The Kier molecular flexibility index (Phi) is 5.06. The van der Waals surface area contributed by atoms with Crippen molar-refractivity contribution >= 4 is 0 Å². The Labute approximate surface area is 145 Å². The van der Waals surface area contributed by atoms with Gasteiger partial charge in [-0.3, -0.25) is 9.80 Å². The average Bonchev–Trinajstić information content (AvgIpc) is 3.18. The summed E-state index contributed by atoms with van der Waals surface area (Å²) in [5.74, 6) is 0.962. The van der Waals surface area contributed by atoms with Gasteiger partial charge in [0.2, 0.25) is 0 Å². The van der Waals surface area contributed by atoms with Crippen LogP contribution in [0.25, 0.3) is 0 Å². The summed E-state index contributed by atoms with van der Waals surface area (Å²) >= 11 is 0. The zero-order chi connectivity index (χ0) is 16.4. The van der Waals surface area contributed by atoms with Gasteiger partial charge in [0.25, 0.3) is 0 Å². The molecule has 1 aromatic carbocycles. The van der Waals surface area contributed by atoms with E-state index >= 15 is 0 Å². The lowest BCUT2D eigenvalue weighted by Crippen LogP contribution is -2.36. The van der Waals surface area contributed by atoms with E-state index in [1.807, 2.05) is 0 Å². The first-order valence-corrected chi connectivity index (χ1v) is 9.55. The highest BCUT2D eigenvalue weighted by Crippen LogP contribution is 2.29. The van der Waals surface area contributed by atoms with Crippen molar-refractivity contribution in [3.8, 4) is 5.75 Å². The van der Waals surface area contributed by atoms with Gasteiger partial charge < -0.3 is 9.47 Å². The summed E-state index contributed by atoms with van der Waals surface area (Å²) in [4.78, 5) is 5.24. The van der Waals surface area contributed by atoms with Crippen LogP contribution in [0.15, 0.2) is 24.3 Å². The van der Waals surface area contributed by atoms with Crippen molar-refractivity contribution in [1.82, 2.24) is 9.80 Å². The van der Waals surface area contributed by atoms with Gasteiger partial charge in [-0.25, -0.2) is 0 Å². The third-order valence-corrected chi connectivity index (χ3v) is 6.02. The standard InChI is InChI=1S/C20H30N2O2/c1-21-17-6-7-18(21)14-22(11-10-17)13-16-4-8-19(9-5-16)24-15-20-3-2-12-23-20/h4-5,8-9,17-18,20H,2-3,6-7,10-15H2,1H3. The highest BCUT2D eigenvalue weighted by atomic mass is 16.5. The summed E-state index contributed by atoms with van der Waals surface area (Å²) < 4.78 is 11.5. The molecule has 3 aliphatic heterocycles. The molecule has 4 rings (SSSR count). The normalized spacial score (nSPS) is 31.3. The van der Waals surface area contributed by atoms with Crippen molar-refractivity contribution in [2.75, 3.05) is 33.4 Å². The lowest BCUT2D eigenvalue weighted by Gasteiger charge is -2.25. The van der Waals surface area contributed by atoms with Crippen molar-refractivity contribution in [2.24, 2.45) is 0 Å². The van der Waals surface area contributed by atoms with Gasteiger partial charge in [0.15, 0.2) is 0 Å². The lowest BCUT2D eigenvalue weighted by atomic mass is 10.1. The molecule has 3 heterocycles. The molecule has 1 aromatic rings. The molecular weight excluding hydrogens is 300 g/mol. The monoisotopic (exact) mass is 330 g/mol. The van der Waals surface area contributed by atoms with E-state index in [0.717, 1.165) is 37.4 Å². The van der Waals surface area contributed by atoms with E-state index in [0.29, 0.717) is 6.61 Å². The minimum Gasteiger partial charge on any atom is -0.491 e. The molecule has 0 radical (unpaired) electrons. The first-order chi connectivity index (χ1) is 11.8.